The second-order valence-corrected chi connectivity index (χ2v) is 5.12. The zero-order valence-electron chi connectivity index (χ0n) is 12.6. The van der Waals surface area contributed by atoms with Gasteiger partial charge in [0, 0.05) is 13.5 Å². The topological polar surface area (TPSA) is 90.1 Å². The van der Waals surface area contributed by atoms with Gasteiger partial charge < -0.3 is 15.4 Å². The summed E-state index contributed by atoms with van der Waals surface area (Å²) in [5.74, 6) is 0.00801. The summed E-state index contributed by atoms with van der Waals surface area (Å²) in [4.78, 5) is 25.7. The molecule has 7 heteroatoms. The average molecular weight is 302 g/mol. The van der Waals surface area contributed by atoms with Crippen molar-refractivity contribution in [1.82, 2.24) is 14.9 Å². The minimum Gasteiger partial charge on any atom is -0.358 e. The third kappa shape index (κ3) is 4.15. The number of aromatic nitrogens is 2. The number of aryl methyl sites for hydroxylation is 2. The molecule has 1 aromatic heterocycles. The fourth-order valence-corrected chi connectivity index (χ4v) is 2.16. The molecule has 1 amide bonds. The van der Waals surface area contributed by atoms with E-state index in [1.165, 1.54) is 16.3 Å². The molecule has 1 N–H and O–H groups in total. The van der Waals surface area contributed by atoms with Gasteiger partial charge in [0.2, 0.25) is 11.7 Å². The number of benzene rings is 1. The molecule has 0 fully saturated rings. The fraction of sp³-hybridized carbons (Fsp3) is 0.333. The van der Waals surface area contributed by atoms with Gasteiger partial charge in [-0.3, -0.25) is 9.36 Å². The number of imidazole rings is 1. The van der Waals surface area contributed by atoms with Gasteiger partial charge in [-0.15, -0.1) is 0 Å². The molecule has 2 aromatic rings. The maximum absolute atomic E-state index is 11.9. The van der Waals surface area contributed by atoms with Crippen LogP contribution in [-0.2, 0) is 17.8 Å². The molecule has 22 heavy (non-hydrogen) atoms. The van der Waals surface area contributed by atoms with Gasteiger partial charge >= 0.3 is 5.82 Å². The molecular formula is C15H18N4O3. The van der Waals surface area contributed by atoms with Crippen molar-refractivity contribution in [2.24, 2.45) is 0 Å². The predicted molar refractivity (Wildman–Crippen MR) is 81.5 cm³/mol. The smallest absolute Gasteiger partial charge is 0.358 e. The van der Waals surface area contributed by atoms with E-state index in [4.69, 9.17) is 0 Å². The minimum absolute atomic E-state index is 0.0283. The predicted octanol–water partition coefficient (Wildman–Crippen LogP) is 1.77. The number of carbonyl (C=O) groups excluding carboxylic acids is 1. The van der Waals surface area contributed by atoms with Crippen LogP contribution in [0.4, 0.5) is 5.82 Å². The van der Waals surface area contributed by atoms with Crippen molar-refractivity contribution >= 4 is 11.7 Å². The Morgan fingerprint density at radius 2 is 2.18 bits per heavy atom. The van der Waals surface area contributed by atoms with Gasteiger partial charge in [-0.25, -0.2) is 0 Å². The van der Waals surface area contributed by atoms with Gasteiger partial charge in [0.25, 0.3) is 0 Å². The first-order valence-electron chi connectivity index (χ1n) is 6.96. The van der Waals surface area contributed by atoms with Crippen LogP contribution in [-0.4, -0.2) is 26.9 Å². The van der Waals surface area contributed by atoms with Gasteiger partial charge in [-0.1, -0.05) is 29.8 Å². The van der Waals surface area contributed by atoms with E-state index in [9.17, 15) is 14.9 Å². The number of carbonyl (C=O) groups is 1. The van der Waals surface area contributed by atoms with Crippen molar-refractivity contribution in [2.75, 3.05) is 6.54 Å². The van der Waals surface area contributed by atoms with Crippen molar-refractivity contribution in [3.63, 3.8) is 0 Å². The first kappa shape index (κ1) is 15.7. The SMILES string of the molecule is Cc1cccc(CCNC(=O)Cn2cc([N+](=O)[O-])nc2C)c1. The minimum atomic E-state index is -0.570. The number of rotatable bonds is 6. The van der Waals surface area contributed by atoms with Gasteiger partial charge in [-0.05, 0) is 28.8 Å². The molecule has 0 bridgehead atoms. The first-order valence-corrected chi connectivity index (χ1v) is 6.96. The Kier molecular flexibility index (Phi) is 4.88. The monoisotopic (exact) mass is 302 g/mol. The number of hydrogen-bond donors (Lipinski definition) is 1. The van der Waals surface area contributed by atoms with Crippen LogP contribution in [0, 0.1) is 24.0 Å². The van der Waals surface area contributed by atoms with Crippen LogP contribution in [0.3, 0.4) is 0 Å². The molecule has 2 rings (SSSR count). The second-order valence-electron chi connectivity index (χ2n) is 5.12. The van der Waals surface area contributed by atoms with Crippen LogP contribution in [0.5, 0.6) is 0 Å². The quantitative estimate of drug-likeness (QED) is 0.650. The Balaban J connectivity index is 1.84. The van der Waals surface area contributed by atoms with Gasteiger partial charge in [0.05, 0.1) is 0 Å². The molecule has 7 nitrogen and oxygen atoms in total. The molecular weight excluding hydrogens is 284 g/mol. The highest BCUT2D eigenvalue weighted by atomic mass is 16.6. The van der Waals surface area contributed by atoms with E-state index in [0.29, 0.717) is 12.4 Å². The van der Waals surface area contributed by atoms with Gasteiger partial charge in [-0.2, -0.15) is 0 Å². The first-order chi connectivity index (χ1) is 10.5. The zero-order chi connectivity index (χ0) is 16.1. The van der Waals surface area contributed by atoms with Crippen LogP contribution < -0.4 is 5.32 Å². The normalized spacial score (nSPS) is 10.5. The van der Waals surface area contributed by atoms with Crippen LogP contribution >= 0.6 is 0 Å². The van der Waals surface area contributed by atoms with E-state index in [-0.39, 0.29) is 18.3 Å². The number of hydrogen-bond acceptors (Lipinski definition) is 4. The van der Waals surface area contributed by atoms with Crippen molar-refractivity contribution in [1.29, 1.82) is 0 Å². The van der Waals surface area contributed by atoms with Gasteiger partial charge in [0.15, 0.2) is 0 Å². The standard InChI is InChI=1S/C15H18N4O3/c1-11-4-3-5-13(8-11)6-7-16-15(20)10-18-9-14(19(21)22)17-12(18)2/h3-5,8-9H,6-7,10H2,1-2H3,(H,16,20). The van der Waals surface area contributed by atoms with E-state index >= 15 is 0 Å². The molecule has 0 aliphatic rings. The molecule has 0 aliphatic carbocycles. The molecule has 0 unspecified atom stereocenters. The number of nitrogens with one attached hydrogen (secondary N) is 1. The summed E-state index contributed by atoms with van der Waals surface area (Å²) in [5.41, 5.74) is 2.35. The van der Waals surface area contributed by atoms with Crippen molar-refractivity contribution in [3.05, 3.63) is 57.5 Å². The van der Waals surface area contributed by atoms with Crippen LogP contribution in [0.15, 0.2) is 30.5 Å². The average Bonchev–Trinajstić information content (AvgIpc) is 2.80. The largest absolute Gasteiger partial charge is 0.381 e. The number of amides is 1. The summed E-state index contributed by atoms with van der Waals surface area (Å²) in [6.07, 6.45) is 2.02. The number of nitrogens with zero attached hydrogens (tertiary/aromatic N) is 3. The highest BCUT2D eigenvalue weighted by Gasteiger charge is 2.16. The van der Waals surface area contributed by atoms with Gasteiger partial charge in [0.1, 0.15) is 12.7 Å². The molecule has 116 valence electrons. The molecule has 0 atom stereocenters. The lowest BCUT2D eigenvalue weighted by Crippen LogP contribution is -2.29. The summed E-state index contributed by atoms with van der Waals surface area (Å²) in [7, 11) is 0. The molecule has 1 aromatic carbocycles. The molecule has 0 spiro atoms. The summed E-state index contributed by atoms with van der Waals surface area (Å²) in [6, 6.07) is 8.11. The lowest BCUT2D eigenvalue weighted by Gasteiger charge is -2.06. The Bertz CT molecular complexity index is 694. The molecule has 0 radical (unpaired) electrons. The highest BCUT2D eigenvalue weighted by Crippen LogP contribution is 2.10. The Labute approximate surface area is 128 Å². The van der Waals surface area contributed by atoms with E-state index in [2.05, 4.69) is 16.4 Å². The Morgan fingerprint density at radius 3 is 2.82 bits per heavy atom. The van der Waals surface area contributed by atoms with E-state index in [1.807, 2.05) is 25.1 Å². The Hall–Kier alpha value is -2.70. The molecule has 1 heterocycles. The maximum atomic E-state index is 11.9. The van der Waals surface area contributed by atoms with E-state index in [1.54, 1.807) is 6.92 Å². The fourth-order valence-electron chi connectivity index (χ4n) is 2.16. The molecule has 0 saturated carbocycles. The molecule has 0 aliphatic heterocycles. The number of nitro groups is 1. The van der Waals surface area contributed by atoms with Crippen LogP contribution in [0.1, 0.15) is 17.0 Å². The van der Waals surface area contributed by atoms with E-state index in [0.717, 1.165) is 12.0 Å². The van der Waals surface area contributed by atoms with E-state index < -0.39 is 4.92 Å². The Morgan fingerprint density at radius 1 is 1.41 bits per heavy atom. The van der Waals surface area contributed by atoms with Crippen molar-refractivity contribution in [3.8, 4) is 0 Å². The lowest BCUT2D eigenvalue weighted by atomic mass is 10.1. The third-order valence-electron chi connectivity index (χ3n) is 3.28. The lowest BCUT2D eigenvalue weighted by molar-refractivity contribution is -0.389. The summed E-state index contributed by atoms with van der Waals surface area (Å²) < 4.78 is 1.47. The summed E-state index contributed by atoms with van der Waals surface area (Å²) in [6.45, 7) is 4.21. The molecule has 0 saturated heterocycles. The summed E-state index contributed by atoms with van der Waals surface area (Å²) in [5, 5.41) is 13.4. The third-order valence-corrected chi connectivity index (χ3v) is 3.28. The zero-order valence-corrected chi connectivity index (χ0v) is 12.6. The maximum Gasteiger partial charge on any atom is 0.381 e. The van der Waals surface area contributed by atoms with Crippen molar-refractivity contribution < 1.29 is 9.72 Å². The summed E-state index contributed by atoms with van der Waals surface area (Å²) >= 11 is 0. The van der Waals surface area contributed by atoms with Crippen LogP contribution in [0.25, 0.3) is 0 Å². The van der Waals surface area contributed by atoms with Crippen LogP contribution in [0.2, 0.25) is 0 Å². The highest BCUT2D eigenvalue weighted by molar-refractivity contribution is 5.75. The van der Waals surface area contributed by atoms with Crippen molar-refractivity contribution in [2.45, 2.75) is 26.8 Å². The second kappa shape index (κ2) is 6.84.